The smallest absolute Gasteiger partial charge is 0.269 e. The van der Waals surface area contributed by atoms with Gasteiger partial charge in [-0.3, -0.25) is 14.6 Å². The molecular weight excluding hydrogens is 234 g/mol. The number of hydrogen-bond donors (Lipinski definition) is 3. The molecule has 18 heavy (non-hydrogen) atoms. The van der Waals surface area contributed by atoms with Crippen LogP contribution in [0.3, 0.4) is 0 Å². The summed E-state index contributed by atoms with van der Waals surface area (Å²) in [5.74, 6) is 0.258. The normalized spacial score (nSPS) is 12.1. The average molecular weight is 247 g/mol. The Kier molecular flexibility index (Phi) is 3.22. The Morgan fingerprint density at radius 3 is 2.72 bits per heavy atom. The minimum Gasteiger partial charge on any atom is -0.344 e. The number of carbonyl (C=O) groups excluding carboxylic acids is 1. The van der Waals surface area contributed by atoms with E-state index in [0.717, 1.165) is 11.9 Å². The maximum Gasteiger partial charge on any atom is 0.269 e. The van der Waals surface area contributed by atoms with E-state index in [9.17, 15) is 9.59 Å². The fraction of sp³-hybridized carbons (Fsp3) is 0.273. The van der Waals surface area contributed by atoms with Crippen LogP contribution in [-0.2, 0) is 0 Å². The first kappa shape index (κ1) is 12.0. The lowest BCUT2D eigenvalue weighted by atomic mass is 10.3. The van der Waals surface area contributed by atoms with E-state index in [1.807, 2.05) is 6.92 Å². The van der Waals surface area contributed by atoms with Crippen LogP contribution in [0.5, 0.6) is 0 Å². The fourth-order valence-corrected chi connectivity index (χ4v) is 1.49. The zero-order valence-electron chi connectivity index (χ0n) is 10.0. The molecular formula is C11H13N5O2. The Morgan fingerprint density at radius 2 is 2.11 bits per heavy atom. The molecule has 3 N–H and O–H groups in total. The Hall–Kier alpha value is -2.44. The lowest BCUT2D eigenvalue weighted by molar-refractivity contribution is 0.0932. The first-order valence-corrected chi connectivity index (χ1v) is 5.43. The number of aryl methyl sites for hydroxylation is 1. The highest BCUT2D eigenvalue weighted by atomic mass is 16.2. The van der Waals surface area contributed by atoms with Crippen molar-refractivity contribution in [1.82, 2.24) is 25.3 Å². The number of amides is 1. The molecule has 0 fully saturated rings. The van der Waals surface area contributed by atoms with Gasteiger partial charge in [-0.2, -0.15) is 0 Å². The average Bonchev–Trinajstić information content (AvgIpc) is 2.76. The van der Waals surface area contributed by atoms with Gasteiger partial charge in [0, 0.05) is 11.9 Å². The van der Waals surface area contributed by atoms with Crippen LogP contribution in [0.1, 0.15) is 35.0 Å². The topological polar surface area (TPSA) is 104 Å². The summed E-state index contributed by atoms with van der Waals surface area (Å²) in [4.78, 5) is 36.1. The molecule has 2 aromatic rings. The lowest BCUT2D eigenvalue weighted by Crippen LogP contribution is -2.29. The van der Waals surface area contributed by atoms with Crippen LogP contribution < -0.4 is 10.9 Å². The Balaban J connectivity index is 2.10. The number of aromatic amines is 2. The van der Waals surface area contributed by atoms with Gasteiger partial charge in [0.1, 0.15) is 11.5 Å². The van der Waals surface area contributed by atoms with Gasteiger partial charge < -0.3 is 15.3 Å². The highest BCUT2D eigenvalue weighted by Crippen LogP contribution is 2.08. The molecule has 0 aromatic carbocycles. The second-order valence-corrected chi connectivity index (χ2v) is 3.96. The molecule has 2 heterocycles. The Labute approximate surface area is 103 Å². The second-order valence-electron chi connectivity index (χ2n) is 3.96. The molecule has 7 nitrogen and oxygen atoms in total. The fourth-order valence-electron chi connectivity index (χ4n) is 1.49. The van der Waals surface area contributed by atoms with E-state index in [0.29, 0.717) is 5.82 Å². The summed E-state index contributed by atoms with van der Waals surface area (Å²) >= 11 is 0. The number of imidazole rings is 1. The van der Waals surface area contributed by atoms with E-state index in [-0.39, 0.29) is 11.7 Å². The highest BCUT2D eigenvalue weighted by Gasteiger charge is 2.14. The van der Waals surface area contributed by atoms with Gasteiger partial charge in [0.05, 0.1) is 18.4 Å². The zero-order valence-corrected chi connectivity index (χ0v) is 10.0. The van der Waals surface area contributed by atoms with Crippen LogP contribution in [-0.4, -0.2) is 25.8 Å². The van der Waals surface area contributed by atoms with Crippen molar-refractivity contribution in [3.8, 4) is 0 Å². The molecule has 0 aliphatic carbocycles. The van der Waals surface area contributed by atoms with Crippen LogP contribution in [0.4, 0.5) is 0 Å². The van der Waals surface area contributed by atoms with Crippen molar-refractivity contribution in [3.05, 3.63) is 46.2 Å². The molecule has 0 saturated carbocycles. The lowest BCUT2D eigenvalue weighted by Gasteiger charge is -2.10. The number of nitrogens with zero attached hydrogens (tertiary/aromatic N) is 2. The molecule has 0 unspecified atom stereocenters. The summed E-state index contributed by atoms with van der Waals surface area (Å²) in [5, 5.41) is 2.71. The minimum atomic E-state index is -0.413. The Bertz CT molecular complexity index is 616. The SMILES string of the molecule is Cc1cnc([C@@H](C)NC(=O)c2cncc(=O)[nH]2)[nH]1. The van der Waals surface area contributed by atoms with Crippen molar-refractivity contribution in [2.45, 2.75) is 19.9 Å². The van der Waals surface area contributed by atoms with Crippen molar-refractivity contribution in [2.75, 3.05) is 0 Å². The number of carbonyl (C=O) groups is 1. The van der Waals surface area contributed by atoms with Crippen molar-refractivity contribution < 1.29 is 4.79 Å². The number of hydrogen-bond acceptors (Lipinski definition) is 4. The van der Waals surface area contributed by atoms with Crippen LogP contribution >= 0.6 is 0 Å². The van der Waals surface area contributed by atoms with Gasteiger partial charge in [-0.15, -0.1) is 0 Å². The van der Waals surface area contributed by atoms with Gasteiger partial charge in [0.15, 0.2) is 0 Å². The first-order chi connectivity index (χ1) is 8.56. The molecule has 0 aliphatic rings. The third-order valence-electron chi connectivity index (χ3n) is 2.38. The largest absolute Gasteiger partial charge is 0.344 e. The zero-order chi connectivity index (χ0) is 13.1. The quantitative estimate of drug-likeness (QED) is 0.725. The van der Waals surface area contributed by atoms with Gasteiger partial charge in [-0.1, -0.05) is 0 Å². The van der Waals surface area contributed by atoms with Crippen molar-refractivity contribution in [3.63, 3.8) is 0 Å². The standard InChI is InChI=1S/C11H13N5O2/c1-6-3-13-10(14-6)7(2)15-11(18)8-4-12-5-9(17)16-8/h3-5,7H,1-2H3,(H,13,14)(H,15,18)(H,16,17)/t7-/m1/s1. The molecule has 0 radical (unpaired) electrons. The van der Waals surface area contributed by atoms with E-state index in [4.69, 9.17) is 0 Å². The van der Waals surface area contributed by atoms with E-state index in [1.165, 1.54) is 6.20 Å². The number of aromatic nitrogens is 4. The van der Waals surface area contributed by atoms with Crippen LogP contribution in [0.2, 0.25) is 0 Å². The van der Waals surface area contributed by atoms with E-state index >= 15 is 0 Å². The molecule has 7 heteroatoms. The summed E-state index contributed by atoms with van der Waals surface area (Å²) in [6.07, 6.45) is 4.09. The van der Waals surface area contributed by atoms with Crippen LogP contribution in [0.15, 0.2) is 23.4 Å². The molecule has 0 bridgehead atoms. The molecule has 0 aliphatic heterocycles. The summed E-state index contributed by atoms with van der Waals surface area (Å²) in [7, 11) is 0. The Morgan fingerprint density at radius 1 is 1.33 bits per heavy atom. The third kappa shape index (κ3) is 2.62. The van der Waals surface area contributed by atoms with Gasteiger partial charge in [0.25, 0.3) is 11.5 Å². The van der Waals surface area contributed by atoms with Gasteiger partial charge in [0.2, 0.25) is 0 Å². The monoisotopic (exact) mass is 247 g/mol. The maximum atomic E-state index is 11.8. The van der Waals surface area contributed by atoms with Crippen molar-refractivity contribution in [2.24, 2.45) is 0 Å². The van der Waals surface area contributed by atoms with Crippen molar-refractivity contribution in [1.29, 1.82) is 0 Å². The van der Waals surface area contributed by atoms with Crippen LogP contribution in [0, 0.1) is 6.92 Å². The van der Waals surface area contributed by atoms with Crippen LogP contribution in [0.25, 0.3) is 0 Å². The molecule has 94 valence electrons. The number of rotatable bonds is 3. The van der Waals surface area contributed by atoms with Gasteiger partial charge in [-0.25, -0.2) is 4.98 Å². The number of nitrogens with one attached hydrogen (secondary N) is 3. The predicted molar refractivity (Wildman–Crippen MR) is 64.1 cm³/mol. The summed E-state index contributed by atoms with van der Waals surface area (Å²) in [6, 6.07) is -0.282. The maximum absolute atomic E-state index is 11.8. The van der Waals surface area contributed by atoms with E-state index in [2.05, 4.69) is 25.3 Å². The highest BCUT2D eigenvalue weighted by molar-refractivity contribution is 5.92. The molecule has 2 rings (SSSR count). The summed E-state index contributed by atoms with van der Waals surface area (Å²) in [5.41, 5.74) is 0.627. The number of H-pyrrole nitrogens is 2. The molecule has 1 amide bonds. The van der Waals surface area contributed by atoms with E-state index in [1.54, 1.807) is 13.1 Å². The molecule has 1 atom stereocenters. The van der Waals surface area contributed by atoms with Gasteiger partial charge >= 0.3 is 0 Å². The van der Waals surface area contributed by atoms with Crippen molar-refractivity contribution >= 4 is 5.91 Å². The molecule has 2 aromatic heterocycles. The van der Waals surface area contributed by atoms with E-state index < -0.39 is 11.5 Å². The molecule has 0 spiro atoms. The first-order valence-electron chi connectivity index (χ1n) is 5.43. The third-order valence-corrected chi connectivity index (χ3v) is 2.38. The summed E-state index contributed by atoms with van der Waals surface area (Å²) < 4.78 is 0. The second kappa shape index (κ2) is 4.82. The summed E-state index contributed by atoms with van der Waals surface area (Å²) in [6.45, 7) is 3.67. The van der Waals surface area contributed by atoms with Gasteiger partial charge in [-0.05, 0) is 13.8 Å². The predicted octanol–water partition coefficient (Wildman–Crippen LogP) is 0.292. The molecule has 0 saturated heterocycles. The minimum absolute atomic E-state index is 0.123.